The molecule has 5 atom stereocenters. The zero-order valence-electron chi connectivity index (χ0n) is 26.6. The van der Waals surface area contributed by atoms with E-state index in [1.165, 1.54) is 31.2 Å². The molecule has 0 amide bonds. The molecule has 1 aliphatic rings. The van der Waals surface area contributed by atoms with Gasteiger partial charge in [-0.05, 0) is 75.7 Å². The number of aliphatic hydroxyl groups excluding tert-OH is 2. The zero-order valence-corrected chi connectivity index (χ0v) is 26.6. The van der Waals surface area contributed by atoms with Crippen LogP contribution in [-0.2, 0) is 24.1 Å². The van der Waals surface area contributed by atoms with Crippen molar-refractivity contribution in [3.8, 4) is 0 Å². The smallest absolute Gasteiger partial charge is 0.309 e. The van der Waals surface area contributed by atoms with E-state index in [0.717, 1.165) is 82.0 Å². The number of nitrogens with zero attached hydrogens (tertiary/aromatic N) is 1. The maximum atomic E-state index is 12.0. The quantitative estimate of drug-likeness (QED) is 0.0994. The Kier molecular flexibility index (Phi) is 15.8. The lowest BCUT2D eigenvalue weighted by Gasteiger charge is -2.33. The molecule has 2 aromatic rings. The fourth-order valence-electron chi connectivity index (χ4n) is 6.93. The van der Waals surface area contributed by atoms with Gasteiger partial charge in [-0.1, -0.05) is 114 Å². The summed E-state index contributed by atoms with van der Waals surface area (Å²) in [5.41, 5.74) is 2.50. The van der Waals surface area contributed by atoms with Gasteiger partial charge in [-0.2, -0.15) is 11.4 Å². The highest BCUT2D eigenvalue weighted by molar-refractivity contribution is 5.70. The molecule has 0 saturated heterocycles. The first kappa shape index (κ1) is 35.3. The van der Waals surface area contributed by atoms with E-state index in [4.69, 9.17) is 4.98 Å². The molecular weight excluding hydrogens is 538 g/mol. The molecule has 1 aromatic heterocycles. The van der Waals surface area contributed by atoms with E-state index >= 15 is 0 Å². The van der Waals surface area contributed by atoms with E-state index in [2.05, 4.69) is 43.3 Å². The first-order valence-corrected chi connectivity index (χ1v) is 17.3. The van der Waals surface area contributed by atoms with Gasteiger partial charge in [-0.3, -0.25) is 4.79 Å². The second-order valence-electron chi connectivity index (χ2n) is 13.2. The van der Waals surface area contributed by atoms with Gasteiger partial charge in [0.25, 0.3) is 0 Å². The summed E-state index contributed by atoms with van der Waals surface area (Å²) in [5, 5.41) is 42.4. The molecule has 6 heteroatoms. The van der Waals surface area contributed by atoms with E-state index in [1.807, 2.05) is 6.07 Å². The SMILES string of the molecule is CCCCCCCC(O)CCCCCCC(C(=O)O)C(O)CCC1(O)CCCC1Cc1ccc(CCc2ccccc2)[n-]1. The molecule has 0 bridgehead atoms. The van der Waals surface area contributed by atoms with Crippen molar-refractivity contribution in [2.75, 3.05) is 0 Å². The third-order valence-electron chi connectivity index (χ3n) is 9.74. The van der Waals surface area contributed by atoms with Crippen molar-refractivity contribution in [2.45, 2.75) is 153 Å². The molecule has 1 heterocycles. The van der Waals surface area contributed by atoms with Crippen molar-refractivity contribution in [2.24, 2.45) is 11.8 Å². The normalized spacial score (nSPS) is 20.7. The number of unbranched alkanes of at least 4 members (excludes halogenated alkanes) is 7. The average Bonchev–Trinajstić information content (AvgIpc) is 3.61. The minimum absolute atomic E-state index is 0.0755. The third kappa shape index (κ3) is 12.8. The predicted octanol–water partition coefficient (Wildman–Crippen LogP) is 7.41. The molecule has 0 radical (unpaired) electrons. The van der Waals surface area contributed by atoms with E-state index < -0.39 is 23.6 Å². The van der Waals surface area contributed by atoms with Crippen molar-refractivity contribution < 1.29 is 25.2 Å². The molecular formula is C37H58NO5-. The van der Waals surface area contributed by atoms with Gasteiger partial charge in [0.15, 0.2) is 0 Å². The number of aromatic nitrogens is 1. The first-order valence-electron chi connectivity index (χ1n) is 17.3. The molecule has 43 heavy (non-hydrogen) atoms. The molecule has 5 unspecified atom stereocenters. The molecule has 3 rings (SSSR count). The number of hydrogen-bond acceptors (Lipinski definition) is 4. The summed E-state index contributed by atoms with van der Waals surface area (Å²) in [5.74, 6) is -1.68. The third-order valence-corrected chi connectivity index (χ3v) is 9.74. The molecule has 0 aliphatic heterocycles. The van der Waals surface area contributed by atoms with Crippen molar-refractivity contribution >= 4 is 5.97 Å². The molecule has 1 aromatic carbocycles. The van der Waals surface area contributed by atoms with Gasteiger partial charge in [-0.15, -0.1) is 0 Å². The van der Waals surface area contributed by atoms with Crippen LogP contribution in [0.2, 0.25) is 0 Å². The maximum Gasteiger partial charge on any atom is 0.309 e. The first-order chi connectivity index (χ1) is 20.8. The number of hydrogen-bond donors (Lipinski definition) is 4. The standard InChI is InChI=1S/C37H58NO5/c1-2-3-4-5-11-18-33(39)19-12-6-7-13-20-34(36(41)42)35(40)25-27-37(43)26-14-17-30(37)28-32-24-23-31(38-32)22-21-29-15-9-8-10-16-29/h8-10,15-16,23-24,30,33-35,39-40,43H,2-7,11-14,17-22,25-28H2,1H3,(H,41,42)/q-1. The van der Waals surface area contributed by atoms with Crippen LogP contribution in [0.3, 0.4) is 0 Å². The topological polar surface area (TPSA) is 112 Å². The number of carboxylic acids is 1. The largest absolute Gasteiger partial charge is 0.665 e. The summed E-state index contributed by atoms with van der Waals surface area (Å²) in [4.78, 5) is 16.8. The average molecular weight is 597 g/mol. The molecule has 6 nitrogen and oxygen atoms in total. The minimum atomic E-state index is -0.959. The van der Waals surface area contributed by atoms with Crippen LogP contribution in [0.15, 0.2) is 42.5 Å². The van der Waals surface area contributed by atoms with Crippen molar-refractivity contribution in [3.05, 3.63) is 59.4 Å². The van der Waals surface area contributed by atoms with Crippen LogP contribution < -0.4 is 4.98 Å². The van der Waals surface area contributed by atoms with Gasteiger partial charge in [0.05, 0.1) is 23.7 Å². The number of aliphatic carboxylic acids is 1. The molecule has 1 fully saturated rings. The number of aliphatic hydroxyl groups is 3. The van der Waals surface area contributed by atoms with Gasteiger partial charge in [0.2, 0.25) is 0 Å². The zero-order chi connectivity index (χ0) is 30.9. The second-order valence-corrected chi connectivity index (χ2v) is 13.2. The van der Waals surface area contributed by atoms with Crippen LogP contribution in [-0.4, -0.2) is 44.2 Å². The Hall–Kier alpha value is -2.15. The molecule has 1 saturated carbocycles. The summed E-state index contributed by atoms with van der Waals surface area (Å²) in [6, 6.07) is 14.6. The summed E-state index contributed by atoms with van der Waals surface area (Å²) in [6.45, 7) is 2.21. The Balaban J connectivity index is 1.35. The van der Waals surface area contributed by atoms with Gasteiger partial charge >= 0.3 is 5.97 Å². The van der Waals surface area contributed by atoms with Crippen LogP contribution in [0.4, 0.5) is 0 Å². The van der Waals surface area contributed by atoms with Crippen LogP contribution in [0, 0.1) is 11.8 Å². The Morgan fingerprint density at radius 3 is 2.19 bits per heavy atom. The summed E-state index contributed by atoms with van der Waals surface area (Å²) >= 11 is 0. The van der Waals surface area contributed by atoms with E-state index in [9.17, 15) is 25.2 Å². The number of carboxylic acid groups (broad SMARTS) is 1. The van der Waals surface area contributed by atoms with E-state index in [-0.39, 0.29) is 12.0 Å². The fourth-order valence-corrected chi connectivity index (χ4v) is 6.93. The number of aryl methyl sites for hydroxylation is 2. The minimum Gasteiger partial charge on any atom is -0.665 e. The predicted molar refractivity (Wildman–Crippen MR) is 173 cm³/mol. The van der Waals surface area contributed by atoms with Crippen molar-refractivity contribution in [1.82, 2.24) is 4.98 Å². The summed E-state index contributed by atoms with van der Waals surface area (Å²) in [7, 11) is 0. The molecule has 4 N–H and O–H groups in total. The van der Waals surface area contributed by atoms with E-state index in [0.29, 0.717) is 32.1 Å². The molecule has 242 valence electrons. The molecule has 0 spiro atoms. The highest BCUT2D eigenvalue weighted by Crippen LogP contribution is 2.41. The Labute approximate surface area is 260 Å². The maximum absolute atomic E-state index is 12.0. The van der Waals surface area contributed by atoms with Gasteiger partial charge < -0.3 is 25.4 Å². The van der Waals surface area contributed by atoms with Crippen LogP contribution in [0.5, 0.6) is 0 Å². The lowest BCUT2D eigenvalue weighted by atomic mass is 9.81. The van der Waals surface area contributed by atoms with Crippen LogP contribution in [0.25, 0.3) is 0 Å². The number of rotatable bonds is 23. The highest BCUT2D eigenvalue weighted by atomic mass is 16.4. The Morgan fingerprint density at radius 1 is 0.860 bits per heavy atom. The van der Waals surface area contributed by atoms with Crippen molar-refractivity contribution in [3.63, 3.8) is 0 Å². The molecule has 1 aliphatic carbocycles. The number of benzene rings is 1. The van der Waals surface area contributed by atoms with E-state index in [1.54, 1.807) is 0 Å². The van der Waals surface area contributed by atoms with Gasteiger partial charge in [0.1, 0.15) is 0 Å². The van der Waals surface area contributed by atoms with Crippen LogP contribution in [0.1, 0.15) is 133 Å². The van der Waals surface area contributed by atoms with Crippen molar-refractivity contribution in [1.29, 1.82) is 0 Å². The fraction of sp³-hybridized carbons (Fsp3) is 0.703. The summed E-state index contributed by atoms with van der Waals surface area (Å²) in [6.07, 6.45) is 16.4. The monoisotopic (exact) mass is 596 g/mol. The highest BCUT2D eigenvalue weighted by Gasteiger charge is 2.41. The van der Waals surface area contributed by atoms with Crippen LogP contribution >= 0.6 is 0 Å². The van der Waals surface area contributed by atoms with Gasteiger partial charge in [0, 0.05) is 0 Å². The Bertz CT molecular complexity index is 1020. The lowest BCUT2D eigenvalue weighted by molar-refractivity contribution is -0.146. The lowest BCUT2D eigenvalue weighted by Crippen LogP contribution is -2.37. The van der Waals surface area contributed by atoms with Gasteiger partial charge in [-0.25, -0.2) is 0 Å². The second kappa shape index (κ2) is 19.3. The summed E-state index contributed by atoms with van der Waals surface area (Å²) < 4.78 is 0. The number of carbonyl (C=O) groups is 1. The Morgan fingerprint density at radius 2 is 1.51 bits per heavy atom.